The fourth-order valence-corrected chi connectivity index (χ4v) is 3.27. The average molecular weight is 330 g/mol. The van der Waals surface area contributed by atoms with Gasteiger partial charge >= 0.3 is 0 Å². The molecule has 108 valence electrons. The molecule has 2 aromatic rings. The van der Waals surface area contributed by atoms with Gasteiger partial charge in [0.05, 0.1) is 10.4 Å². The fraction of sp³-hybridized carbons (Fsp3) is 0.333. The Hall–Kier alpha value is -0.580. The van der Waals surface area contributed by atoms with E-state index in [1.54, 1.807) is 23.5 Å². The van der Waals surface area contributed by atoms with E-state index in [1.807, 2.05) is 31.3 Å². The van der Waals surface area contributed by atoms with Crippen molar-refractivity contribution < 1.29 is 5.11 Å². The van der Waals surface area contributed by atoms with Crippen molar-refractivity contribution in [3.63, 3.8) is 0 Å². The summed E-state index contributed by atoms with van der Waals surface area (Å²) in [7, 11) is 2.04. The van der Waals surface area contributed by atoms with Crippen LogP contribution in [0.4, 0.5) is 0 Å². The highest BCUT2D eigenvalue weighted by atomic mass is 35.5. The molecule has 20 heavy (non-hydrogen) atoms. The highest BCUT2D eigenvalue weighted by molar-refractivity contribution is 7.16. The number of thiophene rings is 1. The standard InChI is InChI=1S/C15H17Cl2NOS/c1-18(10-13-6-7-15(17)20-13)9-8-14(19)11-2-4-12(16)5-3-11/h2-7,14,19H,8-10H2,1H3. The number of aliphatic hydroxyl groups is 1. The molecule has 2 nitrogen and oxygen atoms in total. The maximum Gasteiger partial charge on any atom is 0.0931 e. The number of benzene rings is 1. The van der Waals surface area contributed by atoms with Crippen LogP contribution in [0.25, 0.3) is 0 Å². The molecule has 1 aromatic heterocycles. The molecule has 0 saturated carbocycles. The molecular weight excluding hydrogens is 313 g/mol. The molecule has 0 saturated heterocycles. The Morgan fingerprint density at radius 2 is 1.85 bits per heavy atom. The van der Waals surface area contributed by atoms with Gasteiger partial charge in [-0.05, 0) is 43.3 Å². The van der Waals surface area contributed by atoms with Crippen molar-refractivity contribution in [1.29, 1.82) is 0 Å². The summed E-state index contributed by atoms with van der Waals surface area (Å²) in [5, 5.41) is 10.8. The van der Waals surface area contributed by atoms with Crippen LogP contribution >= 0.6 is 34.5 Å². The minimum absolute atomic E-state index is 0.457. The normalized spacial score (nSPS) is 12.8. The molecule has 0 spiro atoms. The van der Waals surface area contributed by atoms with Crippen LogP contribution < -0.4 is 0 Å². The zero-order chi connectivity index (χ0) is 14.5. The molecule has 1 heterocycles. The van der Waals surface area contributed by atoms with E-state index in [0.717, 1.165) is 23.0 Å². The first-order chi connectivity index (χ1) is 9.54. The molecule has 0 aliphatic carbocycles. The third kappa shape index (κ3) is 4.76. The monoisotopic (exact) mass is 329 g/mol. The molecule has 1 atom stereocenters. The number of hydrogen-bond donors (Lipinski definition) is 1. The zero-order valence-electron chi connectivity index (χ0n) is 11.2. The molecule has 0 aliphatic rings. The summed E-state index contributed by atoms with van der Waals surface area (Å²) in [6.45, 7) is 1.67. The minimum atomic E-state index is -0.457. The van der Waals surface area contributed by atoms with E-state index < -0.39 is 6.10 Å². The fourth-order valence-electron chi connectivity index (χ4n) is 1.98. The molecule has 1 unspecified atom stereocenters. The summed E-state index contributed by atoms with van der Waals surface area (Å²) < 4.78 is 0.814. The Kier molecular flexibility index (Phi) is 5.87. The van der Waals surface area contributed by atoms with Crippen LogP contribution in [0.5, 0.6) is 0 Å². The van der Waals surface area contributed by atoms with Crippen LogP contribution in [0.3, 0.4) is 0 Å². The first kappa shape index (κ1) is 15.8. The lowest BCUT2D eigenvalue weighted by Crippen LogP contribution is -2.20. The van der Waals surface area contributed by atoms with Crippen LogP contribution in [0.2, 0.25) is 9.36 Å². The lowest BCUT2D eigenvalue weighted by Gasteiger charge is -2.18. The summed E-state index contributed by atoms with van der Waals surface area (Å²) in [5.41, 5.74) is 0.905. The lowest BCUT2D eigenvalue weighted by molar-refractivity contribution is 0.148. The van der Waals surface area contributed by atoms with E-state index in [0.29, 0.717) is 11.4 Å². The Morgan fingerprint density at radius 3 is 2.45 bits per heavy atom. The molecule has 0 fully saturated rings. The third-order valence-electron chi connectivity index (χ3n) is 3.09. The van der Waals surface area contributed by atoms with Gasteiger partial charge in [0.2, 0.25) is 0 Å². The second-order valence-corrected chi connectivity index (χ2v) is 7.04. The van der Waals surface area contributed by atoms with E-state index in [9.17, 15) is 5.11 Å². The van der Waals surface area contributed by atoms with Crippen LogP contribution in [-0.2, 0) is 6.54 Å². The predicted molar refractivity (Wildman–Crippen MR) is 86.7 cm³/mol. The maximum atomic E-state index is 10.1. The van der Waals surface area contributed by atoms with E-state index >= 15 is 0 Å². The molecule has 1 aromatic carbocycles. The summed E-state index contributed by atoms with van der Waals surface area (Å²) in [4.78, 5) is 3.42. The van der Waals surface area contributed by atoms with Gasteiger partial charge in [-0.1, -0.05) is 35.3 Å². The van der Waals surface area contributed by atoms with Crippen molar-refractivity contribution in [2.45, 2.75) is 19.1 Å². The number of aliphatic hydroxyl groups excluding tert-OH is 1. The van der Waals surface area contributed by atoms with Gasteiger partial charge in [-0.3, -0.25) is 0 Å². The van der Waals surface area contributed by atoms with E-state index in [-0.39, 0.29) is 0 Å². The molecular formula is C15H17Cl2NOS. The quantitative estimate of drug-likeness (QED) is 0.836. The van der Waals surface area contributed by atoms with Crippen molar-refractivity contribution >= 4 is 34.5 Å². The Bertz CT molecular complexity index is 541. The van der Waals surface area contributed by atoms with Gasteiger partial charge < -0.3 is 10.0 Å². The van der Waals surface area contributed by atoms with Gasteiger partial charge in [0, 0.05) is 23.0 Å². The lowest BCUT2D eigenvalue weighted by atomic mass is 10.1. The summed E-state index contributed by atoms with van der Waals surface area (Å²) in [6, 6.07) is 11.3. The number of nitrogens with zero attached hydrogens (tertiary/aromatic N) is 1. The number of halogens is 2. The highest BCUT2D eigenvalue weighted by Crippen LogP contribution is 2.23. The molecule has 0 radical (unpaired) electrons. The Balaban J connectivity index is 1.80. The van der Waals surface area contributed by atoms with Crippen LogP contribution in [0.15, 0.2) is 36.4 Å². The van der Waals surface area contributed by atoms with Crippen molar-refractivity contribution in [2.75, 3.05) is 13.6 Å². The molecule has 0 amide bonds. The predicted octanol–water partition coefficient (Wildman–Crippen LogP) is 4.61. The van der Waals surface area contributed by atoms with Gasteiger partial charge in [0.15, 0.2) is 0 Å². The van der Waals surface area contributed by atoms with Crippen LogP contribution in [-0.4, -0.2) is 23.6 Å². The van der Waals surface area contributed by atoms with Gasteiger partial charge in [0.25, 0.3) is 0 Å². The van der Waals surface area contributed by atoms with Crippen molar-refractivity contribution in [3.05, 3.63) is 56.2 Å². The van der Waals surface area contributed by atoms with E-state index in [4.69, 9.17) is 23.2 Å². The first-order valence-corrected chi connectivity index (χ1v) is 7.98. The van der Waals surface area contributed by atoms with Gasteiger partial charge in [0.1, 0.15) is 0 Å². The summed E-state index contributed by atoms with van der Waals surface area (Å²) in [5.74, 6) is 0. The molecule has 1 N–H and O–H groups in total. The van der Waals surface area contributed by atoms with Gasteiger partial charge in [-0.25, -0.2) is 0 Å². The Labute approximate surface area is 133 Å². The van der Waals surface area contributed by atoms with Crippen LogP contribution in [0, 0.1) is 0 Å². The third-order valence-corrected chi connectivity index (χ3v) is 4.56. The molecule has 0 bridgehead atoms. The van der Waals surface area contributed by atoms with Crippen molar-refractivity contribution in [1.82, 2.24) is 4.90 Å². The largest absolute Gasteiger partial charge is 0.388 e. The van der Waals surface area contributed by atoms with Crippen molar-refractivity contribution in [3.8, 4) is 0 Å². The zero-order valence-corrected chi connectivity index (χ0v) is 13.5. The van der Waals surface area contributed by atoms with Crippen molar-refractivity contribution in [2.24, 2.45) is 0 Å². The molecule has 0 aliphatic heterocycles. The van der Waals surface area contributed by atoms with Gasteiger partial charge in [-0.15, -0.1) is 11.3 Å². The second kappa shape index (κ2) is 7.43. The number of rotatable bonds is 6. The smallest absolute Gasteiger partial charge is 0.0931 e. The second-order valence-electron chi connectivity index (χ2n) is 4.80. The maximum absolute atomic E-state index is 10.1. The minimum Gasteiger partial charge on any atom is -0.388 e. The van der Waals surface area contributed by atoms with Crippen LogP contribution in [0.1, 0.15) is 23.0 Å². The first-order valence-electron chi connectivity index (χ1n) is 6.41. The Morgan fingerprint density at radius 1 is 1.15 bits per heavy atom. The molecule has 2 rings (SSSR count). The summed E-state index contributed by atoms with van der Waals surface area (Å²) in [6.07, 6.45) is 0.235. The molecule has 5 heteroatoms. The van der Waals surface area contributed by atoms with Gasteiger partial charge in [-0.2, -0.15) is 0 Å². The SMILES string of the molecule is CN(CCC(O)c1ccc(Cl)cc1)Cc1ccc(Cl)s1. The average Bonchev–Trinajstić information content (AvgIpc) is 2.82. The van der Waals surface area contributed by atoms with E-state index in [1.165, 1.54) is 4.88 Å². The summed E-state index contributed by atoms with van der Waals surface area (Å²) >= 11 is 13.3. The topological polar surface area (TPSA) is 23.5 Å². The van der Waals surface area contributed by atoms with E-state index in [2.05, 4.69) is 4.90 Å². The highest BCUT2D eigenvalue weighted by Gasteiger charge is 2.10. The number of hydrogen-bond acceptors (Lipinski definition) is 3.